The summed E-state index contributed by atoms with van der Waals surface area (Å²) >= 11 is 0. The molecule has 1 aliphatic rings. The van der Waals surface area contributed by atoms with Gasteiger partial charge >= 0.3 is 11.7 Å². The van der Waals surface area contributed by atoms with Crippen LogP contribution in [0.5, 0.6) is 6.01 Å². The molecule has 0 saturated carbocycles. The molecule has 0 aliphatic carbocycles. The molecular weight excluding hydrogens is 454 g/mol. The van der Waals surface area contributed by atoms with Crippen LogP contribution in [0.1, 0.15) is 50.7 Å². The number of aromatic amines is 1. The number of nitrogens with one attached hydrogen (secondary N) is 1. The summed E-state index contributed by atoms with van der Waals surface area (Å²) in [4.78, 5) is 29.2. The molecule has 0 bridgehead atoms. The highest BCUT2D eigenvalue weighted by atomic mass is 16.5. The lowest BCUT2D eigenvalue weighted by Crippen LogP contribution is -2.53. The van der Waals surface area contributed by atoms with Gasteiger partial charge in [0, 0.05) is 38.8 Å². The lowest BCUT2D eigenvalue weighted by Gasteiger charge is -2.40. The van der Waals surface area contributed by atoms with E-state index in [1.807, 2.05) is 0 Å². The third-order valence-electron chi connectivity index (χ3n) is 7.03. The molecule has 1 aromatic carbocycles. The monoisotopic (exact) mass is 495 g/mol. The van der Waals surface area contributed by atoms with Gasteiger partial charge in [-0.05, 0) is 43.9 Å². The van der Waals surface area contributed by atoms with Gasteiger partial charge in [-0.2, -0.15) is 9.97 Å². The summed E-state index contributed by atoms with van der Waals surface area (Å²) < 4.78 is 7.32. The van der Waals surface area contributed by atoms with Crippen LogP contribution in [-0.4, -0.2) is 75.2 Å². The van der Waals surface area contributed by atoms with Gasteiger partial charge in [0.1, 0.15) is 5.52 Å². The first-order valence-electron chi connectivity index (χ1n) is 13.4. The Balaban J connectivity index is 1.41. The number of likely N-dealkylation sites (N-methyl/N-ethyl adjacent to an activating group) is 1. The van der Waals surface area contributed by atoms with Gasteiger partial charge in [-0.3, -0.25) is 9.47 Å². The van der Waals surface area contributed by atoms with Crippen molar-refractivity contribution in [2.24, 2.45) is 0 Å². The number of nitrogens with zero attached hydrogens (tertiary/aromatic N) is 5. The van der Waals surface area contributed by atoms with E-state index in [9.17, 15) is 4.79 Å². The smallest absolute Gasteiger partial charge is 0.327 e. The van der Waals surface area contributed by atoms with Crippen molar-refractivity contribution in [1.29, 1.82) is 0 Å². The number of imidazole rings is 1. The number of H-pyrrole nitrogens is 1. The van der Waals surface area contributed by atoms with Crippen molar-refractivity contribution in [2.75, 3.05) is 45.6 Å². The zero-order chi connectivity index (χ0) is 25.5. The van der Waals surface area contributed by atoms with Gasteiger partial charge in [-0.25, -0.2) is 4.79 Å². The van der Waals surface area contributed by atoms with E-state index in [0.29, 0.717) is 30.4 Å². The molecule has 0 spiro atoms. The molecule has 3 aromatic rings. The molecule has 36 heavy (non-hydrogen) atoms. The van der Waals surface area contributed by atoms with Crippen LogP contribution in [0.2, 0.25) is 0 Å². The quantitative estimate of drug-likeness (QED) is 0.372. The summed E-state index contributed by atoms with van der Waals surface area (Å²) in [5.41, 5.74) is 9.67. The summed E-state index contributed by atoms with van der Waals surface area (Å²) in [7, 11) is 2.20. The second kappa shape index (κ2) is 12.4. The number of piperazine rings is 1. The molecule has 1 fully saturated rings. The number of anilines is 1. The van der Waals surface area contributed by atoms with Crippen molar-refractivity contribution in [3.8, 4) is 6.01 Å². The van der Waals surface area contributed by atoms with Gasteiger partial charge in [-0.15, -0.1) is 0 Å². The maximum absolute atomic E-state index is 12.7. The molecule has 0 radical (unpaired) electrons. The first-order valence-corrected chi connectivity index (χ1v) is 13.4. The minimum Gasteiger partial charge on any atom is -0.463 e. The maximum Gasteiger partial charge on any atom is 0.327 e. The Labute approximate surface area is 213 Å². The molecule has 9 nitrogen and oxygen atoms in total. The van der Waals surface area contributed by atoms with Crippen molar-refractivity contribution in [3.05, 3.63) is 45.9 Å². The van der Waals surface area contributed by atoms with E-state index < -0.39 is 0 Å². The summed E-state index contributed by atoms with van der Waals surface area (Å²) in [6.45, 7) is 9.47. The number of fused-ring (bicyclic) bond motifs is 1. The Bertz CT molecular complexity index is 1170. The Morgan fingerprint density at radius 1 is 1.06 bits per heavy atom. The topological polar surface area (TPSA) is 105 Å². The van der Waals surface area contributed by atoms with Crippen molar-refractivity contribution in [3.63, 3.8) is 0 Å². The number of ether oxygens (including phenoxy) is 1. The zero-order valence-corrected chi connectivity index (χ0v) is 22.0. The molecule has 1 atom stereocenters. The molecule has 3 N–H and O–H groups in total. The average Bonchev–Trinajstić information content (AvgIpc) is 3.18. The van der Waals surface area contributed by atoms with E-state index in [4.69, 9.17) is 10.5 Å². The standard InChI is InChI=1S/C27H41N7O2/c1-4-6-17-36-26-30-24(28)23-25(31-26)34(27(35)29-23)14-7-13-33-16-15-32(3)19-22(33)18-21-11-9-20(8-5-2)10-12-21/h9-12,22H,4-8,13-19H2,1-3H3,(H,29,35)(H2,28,30,31). The number of aryl methyl sites for hydroxylation is 2. The van der Waals surface area contributed by atoms with E-state index in [1.165, 1.54) is 17.5 Å². The van der Waals surface area contributed by atoms with Crippen LogP contribution in [0.25, 0.3) is 11.2 Å². The minimum atomic E-state index is -0.209. The summed E-state index contributed by atoms with van der Waals surface area (Å²) in [6.07, 6.45) is 6.12. The maximum atomic E-state index is 12.7. The summed E-state index contributed by atoms with van der Waals surface area (Å²) in [6, 6.07) is 9.79. The third-order valence-corrected chi connectivity index (χ3v) is 7.03. The van der Waals surface area contributed by atoms with Crippen molar-refractivity contribution < 1.29 is 4.74 Å². The predicted octanol–water partition coefficient (Wildman–Crippen LogP) is 3.08. The van der Waals surface area contributed by atoms with E-state index in [-0.39, 0.29) is 17.5 Å². The third kappa shape index (κ3) is 6.44. The number of hydrogen-bond donors (Lipinski definition) is 2. The molecular formula is C27H41N7O2. The van der Waals surface area contributed by atoms with E-state index in [0.717, 1.165) is 58.3 Å². The minimum absolute atomic E-state index is 0.209. The average molecular weight is 496 g/mol. The van der Waals surface area contributed by atoms with Crippen LogP contribution < -0.4 is 16.2 Å². The van der Waals surface area contributed by atoms with Gasteiger partial charge in [0.05, 0.1) is 6.61 Å². The number of rotatable bonds is 12. The fraction of sp³-hybridized carbons (Fsp3) is 0.593. The lowest BCUT2D eigenvalue weighted by molar-refractivity contribution is 0.0877. The van der Waals surface area contributed by atoms with Crippen LogP contribution in [0, 0.1) is 0 Å². The molecule has 9 heteroatoms. The highest BCUT2D eigenvalue weighted by molar-refractivity contribution is 5.81. The Kier molecular flexibility index (Phi) is 8.98. The molecule has 196 valence electrons. The summed E-state index contributed by atoms with van der Waals surface area (Å²) in [5, 5.41) is 0. The Morgan fingerprint density at radius 2 is 1.83 bits per heavy atom. The van der Waals surface area contributed by atoms with Crippen molar-refractivity contribution in [1.82, 2.24) is 29.3 Å². The number of nitrogens with two attached hydrogens (primary N) is 1. The summed E-state index contributed by atoms with van der Waals surface area (Å²) in [5.74, 6) is 0.242. The fourth-order valence-corrected chi connectivity index (χ4v) is 4.98. The SMILES string of the molecule is CCCCOc1nc(N)c2[nH]c(=O)n(CCCN3CCN(C)CC3Cc3ccc(CCC)cc3)c2n1. The largest absolute Gasteiger partial charge is 0.463 e. The van der Waals surface area contributed by atoms with Gasteiger partial charge in [-0.1, -0.05) is 51.0 Å². The second-order valence-electron chi connectivity index (χ2n) is 9.95. The molecule has 0 amide bonds. The van der Waals surface area contributed by atoms with Gasteiger partial charge in [0.15, 0.2) is 11.5 Å². The fourth-order valence-electron chi connectivity index (χ4n) is 4.98. The molecule has 2 aromatic heterocycles. The molecule has 1 unspecified atom stereocenters. The predicted molar refractivity (Wildman–Crippen MR) is 145 cm³/mol. The Morgan fingerprint density at radius 3 is 2.58 bits per heavy atom. The highest BCUT2D eigenvalue weighted by Crippen LogP contribution is 2.19. The van der Waals surface area contributed by atoms with Crippen LogP contribution in [0.3, 0.4) is 0 Å². The van der Waals surface area contributed by atoms with Gasteiger partial charge < -0.3 is 20.4 Å². The molecule has 3 heterocycles. The lowest BCUT2D eigenvalue weighted by atomic mass is 10.00. The van der Waals surface area contributed by atoms with E-state index >= 15 is 0 Å². The van der Waals surface area contributed by atoms with Crippen LogP contribution in [-0.2, 0) is 19.4 Å². The Hall–Kier alpha value is -2.91. The van der Waals surface area contributed by atoms with Crippen LogP contribution in [0.15, 0.2) is 29.1 Å². The first kappa shape index (κ1) is 26.2. The van der Waals surface area contributed by atoms with Crippen molar-refractivity contribution >= 4 is 17.0 Å². The van der Waals surface area contributed by atoms with E-state index in [2.05, 4.69) is 69.9 Å². The second-order valence-corrected chi connectivity index (χ2v) is 9.95. The van der Waals surface area contributed by atoms with Crippen molar-refractivity contribution in [2.45, 2.75) is 65.0 Å². The molecule has 4 rings (SSSR count). The number of nitrogen functional groups attached to an aromatic ring is 1. The number of hydrogen-bond acceptors (Lipinski definition) is 7. The number of unbranched alkanes of at least 4 members (excludes halogenated alkanes) is 1. The zero-order valence-electron chi connectivity index (χ0n) is 22.0. The van der Waals surface area contributed by atoms with Crippen LogP contribution >= 0.6 is 0 Å². The highest BCUT2D eigenvalue weighted by Gasteiger charge is 2.25. The number of aromatic nitrogens is 4. The molecule has 1 aliphatic heterocycles. The normalized spacial score (nSPS) is 17.1. The van der Waals surface area contributed by atoms with Gasteiger partial charge in [0.2, 0.25) is 0 Å². The molecule has 1 saturated heterocycles. The van der Waals surface area contributed by atoms with Gasteiger partial charge in [0.25, 0.3) is 0 Å². The van der Waals surface area contributed by atoms with E-state index in [1.54, 1.807) is 4.57 Å². The number of benzene rings is 1. The first-order chi connectivity index (χ1) is 17.5. The van der Waals surface area contributed by atoms with Crippen LogP contribution in [0.4, 0.5) is 5.82 Å².